The van der Waals surface area contributed by atoms with Gasteiger partial charge in [-0.3, -0.25) is 4.79 Å². The molecule has 8 nitrogen and oxygen atoms in total. The SMILES string of the molecule is CCN(CC(=O)NC(C)C)S(=O)(=O)c1ccc(S(N)(=O)=O)cc1. The van der Waals surface area contributed by atoms with Gasteiger partial charge in [0.25, 0.3) is 0 Å². The fourth-order valence-electron chi connectivity index (χ4n) is 1.84. The van der Waals surface area contributed by atoms with Gasteiger partial charge in [-0.05, 0) is 38.1 Å². The molecule has 1 aromatic rings. The molecular weight excluding hydrogens is 342 g/mol. The Hall–Kier alpha value is -1.49. The minimum absolute atomic E-state index is 0.0991. The van der Waals surface area contributed by atoms with E-state index in [9.17, 15) is 21.6 Å². The number of sulfonamides is 2. The van der Waals surface area contributed by atoms with Crippen molar-refractivity contribution in [3.8, 4) is 0 Å². The molecule has 23 heavy (non-hydrogen) atoms. The molecule has 0 atom stereocenters. The van der Waals surface area contributed by atoms with E-state index in [2.05, 4.69) is 5.32 Å². The lowest BCUT2D eigenvalue weighted by Crippen LogP contribution is -2.42. The normalized spacial score (nSPS) is 12.6. The molecule has 0 bridgehead atoms. The highest BCUT2D eigenvalue weighted by Crippen LogP contribution is 2.17. The number of carbonyl (C=O) groups excluding carboxylic acids is 1. The maximum Gasteiger partial charge on any atom is 0.243 e. The summed E-state index contributed by atoms with van der Waals surface area (Å²) < 4.78 is 48.4. The maximum absolute atomic E-state index is 12.5. The number of benzene rings is 1. The van der Waals surface area contributed by atoms with Gasteiger partial charge in [-0.1, -0.05) is 6.92 Å². The third kappa shape index (κ3) is 5.27. The Bertz CT molecular complexity index is 755. The van der Waals surface area contributed by atoms with Crippen LogP contribution in [0.2, 0.25) is 0 Å². The number of nitrogens with zero attached hydrogens (tertiary/aromatic N) is 1. The Labute approximate surface area is 136 Å². The largest absolute Gasteiger partial charge is 0.353 e. The second kappa shape index (κ2) is 7.39. The zero-order chi connectivity index (χ0) is 17.8. The molecule has 0 aromatic heterocycles. The van der Waals surface area contributed by atoms with Crippen molar-refractivity contribution in [2.24, 2.45) is 5.14 Å². The highest BCUT2D eigenvalue weighted by atomic mass is 32.2. The Kier molecular flexibility index (Phi) is 6.28. The number of nitrogens with two attached hydrogens (primary N) is 1. The van der Waals surface area contributed by atoms with Crippen molar-refractivity contribution in [3.63, 3.8) is 0 Å². The van der Waals surface area contributed by atoms with Gasteiger partial charge >= 0.3 is 0 Å². The topological polar surface area (TPSA) is 127 Å². The van der Waals surface area contributed by atoms with E-state index in [1.54, 1.807) is 20.8 Å². The lowest BCUT2D eigenvalue weighted by Gasteiger charge is -2.20. The molecule has 0 radical (unpaired) electrons. The van der Waals surface area contributed by atoms with Gasteiger partial charge in [0, 0.05) is 12.6 Å². The molecule has 0 unspecified atom stereocenters. The molecule has 0 spiro atoms. The van der Waals surface area contributed by atoms with Gasteiger partial charge in [0.2, 0.25) is 26.0 Å². The average Bonchev–Trinajstić information content (AvgIpc) is 2.43. The van der Waals surface area contributed by atoms with E-state index in [1.165, 1.54) is 0 Å². The molecule has 0 fully saturated rings. The van der Waals surface area contributed by atoms with E-state index < -0.39 is 26.0 Å². The van der Waals surface area contributed by atoms with Crippen molar-refractivity contribution >= 4 is 26.0 Å². The third-order valence-electron chi connectivity index (χ3n) is 2.91. The number of hydrogen-bond acceptors (Lipinski definition) is 5. The van der Waals surface area contributed by atoms with Crippen molar-refractivity contribution in [2.75, 3.05) is 13.1 Å². The monoisotopic (exact) mass is 363 g/mol. The van der Waals surface area contributed by atoms with Gasteiger partial charge in [-0.25, -0.2) is 22.0 Å². The smallest absolute Gasteiger partial charge is 0.243 e. The van der Waals surface area contributed by atoms with Gasteiger partial charge < -0.3 is 5.32 Å². The molecule has 0 aliphatic carbocycles. The summed E-state index contributed by atoms with van der Waals surface area (Å²) in [6, 6.07) is 4.43. The van der Waals surface area contributed by atoms with Crippen molar-refractivity contribution in [1.82, 2.24) is 9.62 Å². The molecule has 3 N–H and O–H groups in total. The minimum Gasteiger partial charge on any atom is -0.353 e. The van der Waals surface area contributed by atoms with Crippen LogP contribution < -0.4 is 10.5 Å². The van der Waals surface area contributed by atoms with E-state index in [-0.39, 0.29) is 28.9 Å². The summed E-state index contributed by atoms with van der Waals surface area (Å²) in [4.78, 5) is 11.5. The van der Waals surface area contributed by atoms with Gasteiger partial charge in [-0.15, -0.1) is 0 Å². The summed E-state index contributed by atoms with van der Waals surface area (Å²) in [5.41, 5.74) is 0. The second-order valence-electron chi connectivity index (χ2n) is 5.17. The number of carbonyl (C=O) groups is 1. The summed E-state index contributed by atoms with van der Waals surface area (Å²) in [6.45, 7) is 4.95. The van der Waals surface area contributed by atoms with Crippen LogP contribution in [0.4, 0.5) is 0 Å². The van der Waals surface area contributed by atoms with Crippen molar-refractivity contribution in [3.05, 3.63) is 24.3 Å². The van der Waals surface area contributed by atoms with Crippen LogP contribution in [0.3, 0.4) is 0 Å². The lowest BCUT2D eigenvalue weighted by molar-refractivity contribution is -0.121. The Morgan fingerprint density at radius 2 is 1.61 bits per heavy atom. The first kappa shape index (κ1) is 19.6. The maximum atomic E-state index is 12.5. The first-order valence-electron chi connectivity index (χ1n) is 6.91. The van der Waals surface area contributed by atoms with E-state index in [0.29, 0.717) is 0 Å². The molecule has 0 aliphatic rings. The van der Waals surface area contributed by atoms with Crippen molar-refractivity contribution < 1.29 is 21.6 Å². The second-order valence-corrected chi connectivity index (χ2v) is 8.67. The van der Waals surface area contributed by atoms with E-state index in [4.69, 9.17) is 5.14 Å². The number of primary sulfonamides is 1. The summed E-state index contributed by atoms with van der Waals surface area (Å²) in [5, 5.41) is 7.59. The number of rotatable bonds is 7. The predicted octanol–water partition coefficient (Wildman–Crippen LogP) is -0.131. The number of likely N-dealkylation sites (N-methyl/N-ethyl adjacent to an activating group) is 1. The van der Waals surface area contributed by atoms with Crippen LogP contribution in [0, 0.1) is 0 Å². The van der Waals surface area contributed by atoms with E-state index in [1.807, 2.05) is 0 Å². The Morgan fingerprint density at radius 1 is 1.13 bits per heavy atom. The van der Waals surface area contributed by atoms with Crippen LogP contribution in [0.5, 0.6) is 0 Å². The molecule has 0 aliphatic heterocycles. The molecule has 1 rings (SSSR count). The summed E-state index contributed by atoms with van der Waals surface area (Å²) >= 11 is 0. The summed E-state index contributed by atoms with van der Waals surface area (Å²) in [5.74, 6) is -0.411. The molecular formula is C13H21N3O5S2. The third-order valence-corrected chi connectivity index (χ3v) is 5.78. The van der Waals surface area contributed by atoms with Crippen molar-refractivity contribution in [2.45, 2.75) is 36.6 Å². The van der Waals surface area contributed by atoms with E-state index in [0.717, 1.165) is 28.6 Å². The first-order chi connectivity index (χ1) is 10.5. The molecule has 0 heterocycles. The average molecular weight is 363 g/mol. The summed E-state index contributed by atoms with van der Waals surface area (Å²) in [7, 11) is -7.80. The van der Waals surface area contributed by atoms with Gasteiger partial charge in [0.15, 0.2) is 0 Å². The molecule has 0 saturated carbocycles. The lowest BCUT2D eigenvalue weighted by atomic mass is 10.4. The molecule has 0 saturated heterocycles. The van der Waals surface area contributed by atoms with E-state index >= 15 is 0 Å². The molecule has 1 aromatic carbocycles. The highest BCUT2D eigenvalue weighted by Gasteiger charge is 2.25. The fraction of sp³-hybridized carbons (Fsp3) is 0.462. The fourth-order valence-corrected chi connectivity index (χ4v) is 3.77. The molecule has 10 heteroatoms. The zero-order valence-electron chi connectivity index (χ0n) is 13.2. The van der Waals surface area contributed by atoms with Crippen LogP contribution in [0.15, 0.2) is 34.1 Å². The quantitative estimate of drug-likeness (QED) is 0.698. The first-order valence-corrected chi connectivity index (χ1v) is 9.89. The van der Waals surface area contributed by atoms with Crippen LogP contribution in [-0.2, 0) is 24.8 Å². The molecule has 1 amide bonds. The van der Waals surface area contributed by atoms with Gasteiger partial charge in [0.1, 0.15) is 0 Å². The van der Waals surface area contributed by atoms with Crippen molar-refractivity contribution in [1.29, 1.82) is 0 Å². The van der Waals surface area contributed by atoms with Crippen LogP contribution >= 0.6 is 0 Å². The van der Waals surface area contributed by atoms with Gasteiger partial charge in [-0.2, -0.15) is 4.31 Å². The highest BCUT2D eigenvalue weighted by molar-refractivity contribution is 7.89. The van der Waals surface area contributed by atoms with Crippen LogP contribution in [0.1, 0.15) is 20.8 Å². The zero-order valence-corrected chi connectivity index (χ0v) is 14.8. The standard InChI is InChI=1S/C13H21N3O5S2/c1-4-16(9-13(17)15-10(2)3)23(20,21)12-7-5-11(6-8-12)22(14,18)19/h5-8,10H,4,9H2,1-3H3,(H,15,17)(H2,14,18,19). The molecule has 130 valence electrons. The minimum atomic E-state index is -3.91. The van der Waals surface area contributed by atoms with Gasteiger partial charge in [0.05, 0.1) is 16.3 Å². The van der Waals surface area contributed by atoms with Crippen LogP contribution in [-0.4, -0.2) is 46.2 Å². The summed E-state index contributed by atoms with van der Waals surface area (Å²) in [6.07, 6.45) is 0. The number of amides is 1. The number of hydrogen-bond donors (Lipinski definition) is 2. The Balaban J connectivity index is 3.05. The van der Waals surface area contributed by atoms with Crippen LogP contribution in [0.25, 0.3) is 0 Å². The predicted molar refractivity (Wildman–Crippen MR) is 85.5 cm³/mol. The Morgan fingerprint density at radius 3 is 2.00 bits per heavy atom. The number of nitrogens with one attached hydrogen (secondary N) is 1.